The van der Waals surface area contributed by atoms with Crippen LogP contribution in [0.2, 0.25) is 0 Å². The summed E-state index contributed by atoms with van der Waals surface area (Å²) >= 11 is 0. The maximum Gasteiger partial charge on any atom is 0.0530 e. The normalized spacial score (nSPS) is 26.8. The summed E-state index contributed by atoms with van der Waals surface area (Å²) in [5, 5.41) is 0. The lowest BCUT2D eigenvalue weighted by Gasteiger charge is -2.34. The first kappa shape index (κ1) is 11.4. The molecule has 1 aliphatic heterocycles. The Bertz CT molecular complexity index is 193. The van der Waals surface area contributed by atoms with Gasteiger partial charge in [-0.15, -0.1) is 0 Å². The van der Waals surface area contributed by atoms with Gasteiger partial charge in [-0.1, -0.05) is 13.3 Å². The number of nitrogens with zero attached hydrogens (tertiary/aromatic N) is 1. The number of rotatable bonds is 5. The molecule has 0 unspecified atom stereocenters. The van der Waals surface area contributed by atoms with E-state index in [4.69, 9.17) is 4.74 Å². The van der Waals surface area contributed by atoms with E-state index in [0.717, 1.165) is 12.5 Å². The highest BCUT2D eigenvalue weighted by Gasteiger charge is 2.44. The third kappa shape index (κ3) is 2.94. The molecular weight excluding hydrogens is 186 g/mol. The van der Waals surface area contributed by atoms with Crippen LogP contribution in [0.3, 0.4) is 0 Å². The fourth-order valence-electron chi connectivity index (χ4n) is 2.86. The van der Waals surface area contributed by atoms with E-state index in [9.17, 15) is 0 Å². The second-order valence-electron chi connectivity index (χ2n) is 5.56. The maximum atomic E-state index is 5.33. The van der Waals surface area contributed by atoms with Crippen molar-refractivity contribution in [3.8, 4) is 0 Å². The molecule has 15 heavy (non-hydrogen) atoms. The molecule has 1 heterocycles. The topological polar surface area (TPSA) is 12.5 Å². The number of likely N-dealkylation sites (tertiary alicyclic amines) is 1. The molecule has 0 bridgehead atoms. The molecule has 1 saturated carbocycles. The zero-order valence-corrected chi connectivity index (χ0v) is 10.3. The Balaban J connectivity index is 1.72. The fraction of sp³-hybridized carbons (Fsp3) is 1.00. The number of hydrogen-bond donors (Lipinski definition) is 0. The predicted molar refractivity (Wildman–Crippen MR) is 63.0 cm³/mol. The lowest BCUT2D eigenvalue weighted by Crippen LogP contribution is -2.38. The van der Waals surface area contributed by atoms with Crippen molar-refractivity contribution in [2.45, 2.75) is 39.0 Å². The lowest BCUT2D eigenvalue weighted by atomic mass is 9.93. The molecule has 0 spiro atoms. The molecule has 0 aromatic heterocycles. The summed E-state index contributed by atoms with van der Waals surface area (Å²) in [5.74, 6) is 0.999. The van der Waals surface area contributed by atoms with Crippen LogP contribution in [0.25, 0.3) is 0 Å². The van der Waals surface area contributed by atoms with Crippen LogP contribution in [0.1, 0.15) is 39.0 Å². The highest BCUT2D eigenvalue weighted by molar-refractivity contribution is 4.96. The van der Waals surface area contributed by atoms with E-state index in [1.54, 1.807) is 0 Å². The monoisotopic (exact) mass is 211 g/mol. The number of piperidine rings is 1. The minimum absolute atomic E-state index is 0.549. The Morgan fingerprint density at radius 3 is 2.40 bits per heavy atom. The second kappa shape index (κ2) is 4.84. The zero-order valence-electron chi connectivity index (χ0n) is 10.3. The largest absolute Gasteiger partial charge is 0.384 e. The smallest absolute Gasteiger partial charge is 0.0530 e. The van der Waals surface area contributed by atoms with E-state index in [2.05, 4.69) is 11.8 Å². The molecule has 0 aromatic carbocycles. The van der Waals surface area contributed by atoms with Crippen molar-refractivity contribution in [1.82, 2.24) is 4.90 Å². The third-order valence-corrected chi connectivity index (χ3v) is 4.25. The van der Waals surface area contributed by atoms with Gasteiger partial charge in [0.2, 0.25) is 0 Å². The van der Waals surface area contributed by atoms with Gasteiger partial charge in [0.1, 0.15) is 0 Å². The Labute approximate surface area is 94.0 Å². The second-order valence-corrected chi connectivity index (χ2v) is 5.56. The van der Waals surface area contributed by atoms with Crippen LogP contribution in [0.15, 0.2) is 0 Å². The van der Waals surface area contributed by atoms with Crippen molar-refractivity contribution in [3.05, 3.63) is 0 Å². The predicted octanol–water partition coefficient (Wildman–Crippen LogP) is 2.54. The molecule has 2 fully saturated rings. The minimum atomic E-state index is 0.549. The van der Waals surface area contributed by atoms with Crippen LogP contribution in [0.4, 0.5) is 0 Å². The maximum absolute atomic E-state index is 5.33. The van der Waals surface area contributed by atoms with E-state index >= 15 is 0 Å². The first-order valence-electron chi connectivity index (χ1n) is 6.49. The molecule has 2 aliphatic rings. The van der Waals surface area contributed by atoms with Gasteiger partial charge in [-0.3, -0.25) is 0 Å². The summed E-state index contributed by atoms with van der Waals surface area (Å²) in [4.78, 5) is 2.66. The van der Waals surface area contributed by atoms with Gasteiger partial charge < -0.3 is 9.64 Å². The van der Waals surface area contributed by atoms with Crippen molar-refractivity contribution in [2.75, 3.05) is 33.4 Å². The average molecular weight is 211 g/mol. The van der Waals surface area contributed by atoms with Crippen LogP contribution >= 0.6 is 0 Å². The van der Waals surface area contributed by atoms with Crippen LogP contribution in [-0.4, -0.2) is 38.3 Å². The van der Waals surface area contributed by atoms with Gasteiger partial charge in [0.25, 0.3) is 0 Å². The van der Waals surface area contributed by atoms with Crippen molar-refractivity contribution in [3.63, 3.8) is 0 Å². The first-order valence-corrected chi connectivity index (χ1v) is 6.49. The first-order chi connectivity index (χ1) is 7.28. The van der Waals surface area contributed by atoms with Crippen LogP contribution in [-0.2, 0) is 4.74 Å². The third-order valence-electron chi connectivity index (χ3n) is 4.25. The molecular formula is C13H25NO. The standard InChI is InChI=1S/C13H25NO/c1-3-12-4-8-14(9-5-12)10-13(6-7-13)11-15-2/h12H,3-11H2,1-2H3. The molecule has 1 aliphatic carbocycles. The fourth-order valence-corrected chi connectivity index (χ4v) is 2.86. The van der Waals surface area contributed by atoms with E-state index in [0.29, 0.717) is 5.41 Å². The molecule has 88 valence electrons. The summed E-state index contributed by atoms with van der Waals surface area (Å²) in [6.07, 6.45) is 6.97. The average Bonchev–Trinajstić information content (AvgIpc) is 3.00. The highest BCUT2D eigenvalue weighted by atomic mass is 16.5. The van der Waals surface area contributed by atoms with Gasteiger partial charge in [-0.25, -0.2) is 0 Å². The van der Waals surface area contributed by atoms with Crippen molar-refractivity contribution in [1.29, 1.82) is 0 Å². The molecule has 0 atom stereocenters. The Hall–Kier alpha value is -0.0800. The van der Waals surface area contributed by atoms with Gasteiger partial charge in [0.15, 0.2) is 0 Å². The summed E-state index contributed by atoms with van der Waals surface area (Å²) in [6.45, 7) is 7.24. The highest BCUT2D eigenvalue weighted by Crippen LogP contribution is 2.46. The van der Waals surface area contributed by atoms with Crippen molar-refractivity contribution >= 4 is 0 Å². The molecule has 2 heteroatoms. The van der Waals surface area contributed by atoms with E-state index < -0.39 is 0 Å². The van der Waals surface area contributed by atoms with Crippen LogP contribution < -0.4 is 0 Å². The van der Waals surface area contributed by atoms with Crippen molar-refractivity contribution < 1.29 is 4.74 Å². The Kier molecular flexibility index (Phi) is 3.68. The summed E-state index contributed by atoms with van der Waals surface area (Å²) in [6, 6.07) is 0. The van der Waals surface area contributed by atoms with Gasteiger partial charge in [-0.05, 0) is 44.7 Å². The summed E-state index contributed by atoms with van der Waals surface area (Å²) in [5.41, 5.74) is 0.549. The Morgan fingerprint density at radius 2 is 1.93 bits per heavy atom. The van der Waals surface area contributed by atoms with Gasteiger partial charge in [0.05, 0.1) is 6.61 Å². The molecule has 1 saturated heterocycles. The summed E-state index contributed by atoms with van der Waals surface area (Å²) in [7, 11) is 1.84. The van der Waals surface area contributed by atoms with Gasteiger partial charge in [-0.2, -0.15) is 0 Å². The van der Waals surface area contributed by atoms with E-state index in [-0.39, 0.29) is 0 Å². The van der Waals surface area contributed by atoms with Crippen LogP contribution in [0.5, 0.6) is 0 Å². The van der Waals surface area contributed by atoms with Crippen LogP contribution in [0, 0.1) is 11.3 Å². The molecule has 0 amide bonds. The number of methoxy groups -OCH3 is 1. The molecule has 2 nitrogen and oxygen atoms in total. The molecule has 0 N–H and O–H groups in total. The molecule has 0 aromatic rings. The summed E-state index contributed by atoms with van der Waals surface area (Å²) < 4.78 is 5.33. The van der Waals surface area contributed by atoms with E-state index in [1.807, 2.05) is 7.11 Å². The van der Waals surface area contributed by atoms with Crippen molar-refractivity contribution in [2.24, 2.45) is 11.3 Å². The zero-order chi connectivity index (χ0) is 10.7. The van der Waals surface area contributed by atoms with E-state index in [1.165, 1.54) is 51.7 Å². The molecule has 0 radical (unpaired) electrons. The lowest BCUT2D eigenvalue weighted by molar-refractivity contribution is 0.0904. The number of ether oxygens (including phenoxy) is 1. The SMILES string of the molecule is CCC1CCN(CC2(COC)CC2)CC1. The quantitative estimate of drug-likeness (QED) is 0.693. The number of hydrogen-bond acceptors (Lipinski definition) is 2. The Morgan fingerprint density at radius 1 is 1.27 bits per heavy atom. The molecule has 2 rings (SSSR count). The minimum Gasteiger partial charge on any atom is -0.384 e. The van der Waals surface area contributed by atoms with Gasteiger partial charge in [0, 0.05) is 19.1 Å². The van der Waals surface area contributed by atoms with Gasteiger partial charge >= 0.3 is 0 Å².